The summed E-state index contributed by atoms with van der Waals surface area (Å²) in [7, 11) is 0. The van der Waals surface area contributed by atoms with Crippen molar-refractivity contribution < 1.29 is 4.74 Å². The van der Waals surface area contributed by atoms with Gasteiger partial charge < -0.3 is 15.8 Å². The van der Waals surface area contributed by atoms with Crippen LogP contribution < -0.4 is 11.1 Å². The predicted molar refractivity (Wildman–Crippen MR) is 111 cm³/mol. The van der Waals surface area contributed by atoms with Crippen LogP contribution in [0.4, 0.5) is 0 Å². The van der Waals surface area contributed by atoms with Crippen LogP contribution in [-0.4, -0.2) is 67.3 Å². The molecule has 2 fully saturated rings. The van der Waals surface area contributed by atoms with E-state index in [1.54, 1.807) is 0 Å². The van der Waals surface area contributed by atoms with Crippen molar-refractivity contribution >= 4 is 41.7 Å². The molecule has 5 nitrogen and oxygen atoms in total. The van der Waals surface area contributed by atoms with Crippen molar-refractivity contribution in [3.63, 3.8) is 0 Å². The number of nitrogens with two attached hydrogens (primary N) is 1. The molecule has 136 valence electrons. The molecule has 0 aromatic carbocycles. The molecule has 0 unspecified atom stereocenters. The van der Waals surface area contributed by atoms with Gasteiger partial charge in [0.25, 0.3) is 0 Å². The molecule has 0 radical (unpaired) electrons. The molecule has 0 amide bonds. The van der Waals surface area contributed by atoms with Crippen LogP contribution >= 0.6 is 35.7 Å². The van der Waals surface area contributed by atoms with E-state index < -0.39 is 0 Å². The van der Waals surface area contributed by atoms with Gasteiger partial charge in [-0.2, -0.15) is 11.8 Å². The van der Waals surface area contributed by atoms with Gasteiger partial charge in [-0.25, -0.2) is 0 Å². The number of hydrogen-bond acceptors (Lipinski definition) is 4. The van der Waals surface area contributed by atoms with Crippen molar-refractivity contribution in [1.29, 1.82) is 0 Å². The molecule has 1 saturated carbocycles. The number of halogens is 1. The highest BCUT2D eigenvalue weighted by Crippen LogP contribution is 2.36. The van der Waals surface area contributed by atoms with E-state index in [0.717, 1.165) is 32.7 Å². The zero-order chi connectivity index (χ0) is 15.7. The van der Waals surface area contributed by atoms with E-state index >= 15 is 0 Å². The van der Waals surface area contributed by atoms with Gasteiger partial charge in [-0.3, -0.25) is 9.89 Å². The monoisotopic (exact) mass is 456 g/mol. The molecule has 1 saturated heterocycles. The van der Waals surface area contributed by atoms with Gasteiger partial charge in [0.05, 0.1) is 6.54 Å². The van der Waals surface area contributed by atoms with Crippen molar-refractivity contribution in [2.75, 3.05) is 50.9 Å². The molecule has 3 N–H and O–H groups in total. The van der Waals surface area contributed by atoms with Crippen LogP contribution in [0.3, 0.4) is 0 Å². The van der Waals surface area contributed by atoms with Crippen molar-refractivity contribution in [3.05, 3.63) is 0 Å². The Morgan fingerprint density at radius 1 is 1.30 bits per heavy atom. The highest BCUT2D eigenvalue weighted by atomic mass is 127. The molecule has 1 aliphatic heterocycles. The fourth-order valence-electron chi connectivity index (χ4n) is 3.47. The third kappa shape index (κ3) is 6.96. The lowest BCUT2D eigenvalue weighted by Crippen LogP contribution is -2.53. The second-order valence-electron chi connectivity index (χ2n) is 6.21. The quantitative estimate of drug-likeness (QED) is 0.254. The van der Waals surface area contributed by atoms with Gasteiger partial charge in [-0.1, -0.05) is 12.8 Å². The number of ether oxygens (including phenoxy) is 1. The van der Waals surface area contributed by atoms with E-state index in [9.17, 15) is 0 Å². The van der Waals surface area contributed by atoms with E-state index in [1.807, 2.05) is 6.92 Å². The van der Waals surface area contributed by atoms with Gasteiger partial charge in [0.15, 0.2) is 5.96 Å². The number of guanidine groups is 1. The smallest absolute Gasteiger partial charge is 0.188 e. The summed E-state index contributed by atoms with van der Waals surface area (Å²) in [5.74, 6) is 3.11. The summed E-state index contributed by atoms with van der Waals surface area (Å²) in [5, 5.41) is 3.21. The molecule has 0 aromatic heterocycles. The van der Waals surface area contributed by atoms with Gasteiger partial charge in [-0.15, -0.1) is 24.0 Å². The molecule has 7 heteroatoms. The lowest BCUT2D eigenvalue weighted by molar-refractivity contribution is 0.112. The Morgan fingerprint density at radius 3 is 2.65 bits per heavy atom. The summed E-state index contributed by atoms with van der Waals surface area (Å²) in [4.78, 5) is 7.35. The molecule has 0 bridgehead atoms. The molecule has 1 heterocycles. The molecular formula is C16H33IN4OS. The number of rotatable bonds is 8. The minimum Gasteiger partial charge on any atom is -0.382 e. The summed E-state index contributed by atoms with van der Waals surface area (Å²) in [6, 6.07) is 0. The van der Waals surface area contributed by atoms with Crippen molar-refractivity contribution in [1.82, 2.24) is 10.2 Å². The molecule has 2 aliphatic rings. The Balaban J connectivity index is 0.00000264. The van der Waals surface area contributed by atoms with Crippen LogP contribution in [0.5, 0.6) is 0 Å². The standard InChI is InChI=1S/C16H32N4OS.HI/c1-2-21-11-5-8-18-15(17)19-14-16(6-3-4-7-16)20-9-12-22-13-10-20;/h2-14H2,1H3,(H3,17,18,19);1H. The Bertz CT molecular complexity index is 345. The second-order valence-corrected chi connectivity index (χ2v) is 7.43. The number of hydrogen-bond donors (Lipinski definition) is 2. The highest BCUT2D eigenvalue weighted by Gasteiger charge is 2.39. The maximum Gasteiger partial charge on any atom is 0.188 e. The minimum atomic E-state index is 0. The van der Waals surface area contributed by atoms with Crippen LogP contribution in [0, 0.1) is 0 Å². The van der Waals surface area contributed by atoms with E-state index in [1.165, 1.54) is 50.3 Å². The zero-order valence-corrected chi connectivity index (χ0v) is 17.5. The van der Waals surface area contributed by atoms with E-state index in [-0.39, 0.29) is 29.5 Å². The lowest BCUT2D eigenvalue weighted by Gasteiger charge is -2.42. The van der Waals surface area contributed by atoms with Gasteiger partial charge in [0, 0.05) is 49.9 Å². The highest BCUT2D eigenvalue weighted by molar-refractivity contribution is 14.0. The third-order valence-electron chi connectivity index (χ3n) is 4.74. The number of nitrogens with zero attached hydrogens (tertiary/aromatic N) is 2. The lowest BCUT2D eigenvalue weighted by atomic mass is 9.95. The van der Waals surface area contributed by atoms with Crippen LogP contribution in [0.15, 0.2) is 4.99 Å². The van der Waals surface area contributed by atoms with Gasteiger partial charge in [0.1, 0.15) is 0 Å². The molecule has 0 spiro atoms. The summed E-state index contributed by atoms with van der Waals surface area (Å²) < 4.78 is 5.32. The Hall–Kier alpha value is 0.270. The average molecular weight is 456 g/mol. The van der Waals surface area contributed by atoms with Gasteiger partial charge in [-0.05, 0) is 26.2 Å². The summed E-state index contributed by atoms with van der Waals surface area (Å²) in [5.41, 5.74) is 6.31. The Morgan fingerprint density at radius 2 is 2.00 bits per heavy atom. The maximum absolute atomic E-state index is 6.03. The van der Waals surface area contributed by atoms with Crippen molar-refractivity contribution in [3.8, 4) is 0 Å². The number of aliphatic imine (C=N–C) groups is 1. The summed E-state index contributed by atoms with van der Waals surface area (Å²) in [6.45, 7) is 7.68. The van der Waals surface area contributed by atoms with Crippen molar-refractivity contribution in [2.24, 2.45) is 10.7 Å². The Kier molecular flexibility index (Phi) is 10.9. The van der Waals surface area contributed by atoms with Gasteiger partial charge in [0.2, 0.25) is 0 Å². The van der Waals surface area contributed by atoms with E-state index in [4.69, 9.17) is 10.5 Å². The maximum atomic E-state index is 6.03. The van der Waals surface area contributed by atoms with Crippen LogP contribution in [0.1, 0.15) is 39.0 Å². The Labute approximate surface area is 162 Å². The molecule has 23 heavy (non-hydrogen) atoms. The first-order chi connectivity index (χ1) is 10.8. The first-order valence-corrected chi connectivity index (χ1v) is 9.87. The molecule has 1 aliphatic carbocycles. The fraction of sp³-hybridized carbons (Fsp3) is 0.938. The van der Waals surface area contributed by atoms with Crippen LogP contribution in [0.2, 0.25) is 0 Å². The number of thioether (sulfide) groups is 1. The molecule has 0 aromatic rings. The molecular weight excluding hydrogens is 423 g/mol. The van der Waals surface area contributed by atoms with Crippen molar-refractivity contribution in [2.45, 2.75) is 44.6 Å². The zero-order valence-electron chi connectivity index (χ0n) is 14.4. The van der Waals surface area contributed by atoms with E-state index in [0.29, 0.717) is 5.96 Å². The average Bonchev–Trinajstić information content (AvgIpc) is 3.04. The van der Waals surface area contributed by atoms with E-state index in [2.05, 4.69) is 27.0 Å². The summed E-state index contributed by atoms with van der Waals surface area (Å²) in [6.07, 6.45) is 6.19. The van der Waals surface area contributed by atoms with Gasteiger partial charge >= 0.3 is 0 Å². The largest absolute Gasteiger partial charge is 0.382 e. The summed E-state index contributed by atoms with van der Waals surface area (Å²) >= 11 is 2.07. The minimum absolute atomic E-state index is 0. The number of nitrogens with one attached hydrogen (secondary N) is 1. The van der Waals surface area contributed by atoms with Crippen LogP contribution in [0.25, 0.3) is 0 Å². The normalized spacial score (nSPS) is 21.9. The predicted octanol–water partition coefficient (Wildman–Crippen LogP) is 2.30. The molecule has 0 atom stereocenters. The first-order valence-electron chi connectivity index (χ1n) is 8.71. The first kappa shape index (κ1) is 21.3. The molecule has 2 rings (SSSR count). The topological polar surface area (TPSA) is 62.9 Å². The third-order valence-corrected chi connectivity index (χ3v) is 5.68. The fourth-order valence-corrected chi connectivity index (χ4v) is 4.37. The SMILES string of the molecule is CCOCCCNC(N)=NCC1(N2CCSCC2)CCCC1.I. The second kappa shape index (κ2) is 11.8. The van der Waals surface area contributed by atoms with Crippen LogP contribution in [-0.2, 0) is 4.74 Å².